The molecule has 0 fully saturated rings. The lowest BCUT2D eigenvalue weighted by molar-refractivity contribution is -0.167. The van der Waals surface area contributed by atoms with Gasteiger partial charge in [0.2, 0.25) is 0 Å². The van der Waals surface area contributed by atoms with E-state index in [0.717, 1.165) is 148 Å². The third-order valence-electron chi connectivity index (χ3n) is 14.6. The molecular formula is C77H128O6. The molecule has 0 amide bonds. The highest BCUT2D eigenvalue weighted by Crippen LogP contribution is 2.17. The zero-order valence-corrected chi connectivity index (χ0v) is 54.2. The number of hydrogen-bond acceptors (Lipinski definition) is 6. The second-order valence-electron chi connectivity index (χ2n) is 22.6. The molecule has 0 aromatic heterocycles. The normalized spacial score (nSPS) is 13.0. The maximum absolute atomic E-state index is 12.9. The standard InChI is InChI=1S/C77H128O6/c1-4-7-10-13-16-19-22-25-27-29-31-32-33-34-35-36-37-38-39-40-41-42-43-44-46-47-49-52-55-58-61-64-67-70-76(79)82-73-74(72-81-75(78)69-66-63-60-57-54-51-24-21-18-15-12-9-6-3)83-77(80)71-68-65-62-59-56-53-50-48-45-30-28-26-23-20-17-14-11-8-5-2/h7-12,16-21,25-28,31-32,45,48,51,54,74H,4-6,13-15,22-24,29-30,33-44,46-47,49-50,52-53,55-73H2,1-3H3/b10-7-,11-8-,12-9-,19-16-,20-17-,21-18-,27-25-,28-26-,32-31-,48-45-,54-51-. The van der Waals surface area contributed by atoms with Crippen LogP contribution in [0.3, 0.4) is 0 Å². The van der Waals surface area contributed by atoms with Crippen molar-refractivity contribution in [3.05, 3.63) is 134 Å². The van der Waals surface area contributed by atoms with Gasteiger partial charge in [0.1, 0.15) is 13.2 Å². The number of unbranched alkanes of at least 4 members (excludes halogenated alkanes) is 29. The van der Waals surface area contributed by atoms with Crippen molar-refractivity contribution in [2.75, 3.05) is 13.2 Å². The number of hydrogen-bond donors (Lipinski definition) is 0. The fourth-order valence-corrected chi connectivity index (χ4v) is 9.56. The summed E-state index contributed by atoms with van der Waals surface area (Å²) in [5.74, 6) is -0.931. The minimum atomic E-state index is -0.802. The molecule has 0 rings (SSSR count). The molecule has 6 heteroatoms. The minimum absolute atomic E-state index is 0.0939. The molecule has 0 aliphatic carbocycles. The minimum Gasteiger partial charge on any atom is -0.462 e. The first-order valence-corrected chi connectivity index (χ1v) is 34.7. The average Bonchev–Trinajstić information content (AvgIpc) is 3.49. The van der Waals surface area contributed by atoms with Gasteiger partial charge in [-0.15, -0.1) is 0 Å². The first-order valence-electron chi connectivity index (χ1n) is 34.7. The van der Waals surface area contributed by atoms with Crippen LogP contribution in [0.2, 0.25) is 0 Å². The van der Waals surface area contributed by atoms with Crippen molar-refractivity contribution in [2.24, 2.45) is 0 Å². The molecule has 6 nitrogen and oxygen atoms in total. The van der Waals surface area contributed by atoms with Crippen LogP contribution >= 0.6 is 0 Å². The van der Waals surface area contributed by atoms with E-state index in [0.29, 0.717) is 19.3 Å². The van der Waals surface area contributed by atoms with E-state index in [4.69, 9.17) is 14.2 Å². The Balaban J connectivity index is 4.21. The summed E-state index contributed by atoms with van der Waals surface area (Å²) in [5, 5.41) is 0. The van der Waals surface area contributed by atoms with Crippen LogP contribution in [0.15, 0.2) is 134 Å². The predicted octanol–water partition coefficient (Wildman–Crippen LogP) is 24.1. The van der Waals surface area contributed by atoms with Gasteiger partial charge < -0.3 is 14.2 Å². The molecule has 1 unspecified atom stereocenters. The summed E-state index contributed by atoms with van der Waals surface area (Å²) in [6.07, 6.45) is 99.2. The Morgan fingerprint density at radius 2 is 0.434 bits per heavy atom. The van der Waals surface area contributed by atoms with E-state index in [1.54, 1.807) is 0 Å². The van der Waals surface area contributed by atoms with Gasteiger partial charge in [0.15, 0.2) is 6.10 Å². The summed E-state index contributed by atoms with van der Waals surface area (Å²) in [5.41, 5.74) is 0. The molecule has 0 bridgehead atoms. The number of allylic oxidation sites excluding steroid dienone is 22. The lowest BCUT2D eigenvalue weighted by Crippen LogP contribution is -2.30. The van der Waals surface area contributed by atoms with Gasteiger partial charge >= 0.3 is 17.9 Å². The summed E-state index contributed by atoms with van der Waals surface area (Å²) < 4.78 is 16.9. The SMILES string of the molecule is CC/C=C\C/C=C\C/C=C\C/C=C\CCCCCCCCCCCCCCCCCCCCCCC(=O)OCC(COC(=O)CCCCC/C=C\C/C=C\C/C=C\CC)OC(=O)CCCCCCCC/C=C\C/C=C\C/C=C\C/C=C\CC. The fourth-order valence-electron chi connectivity index (χ4n) is 9.56. The molecule has 83 heavy (non-hydrogen) atoms. The summed E-state index contributed by atoms with van der Waals surface area (Å²) in [4.78, 5) is 38.4. The molecule has 1 atom stereocenters. The van der Waals surface area contributed by atoms with Crippen LogP contribution in [-0.2, 0) is 28.6 Å². The van der Waals surface area contributed by atoms with Crippen LogP contribution in [0.5, 0.6) is 0 Å². The van der Waals surface area contributed by atoms with E-state index in [9.17, 15) is 14.4 Å². The Hall–Kier alpha value is -4.45. The van der Waals surface area contributed by atoms with Crippen molar-refractivity contribution < 1.29 is 28.6 Å². The monoisotopic (exact) mass is 1150 g/mol. The Morgan fingerprint density at radius 3 is 0.687 bits per heavy atom. The molecule has 0 N–H and O–H groups in total. The first kappa shape index (κ1) is 78.5. The largest absolute Gasteiger partial charge is 0.462 e. The summed E-state index contributed by atoms with van der Waals surface area (Å²) in [6, 6.07) is 0. The zero-order chi connectivity index (χ0) is 59.9. The third kappa shape index (κ3) is 68.2. The van der Waals surface area contributed by atoms with Crippen LogP contribution in [-0.4, -0.2) is 37.2 Å². The highest BCUT2D eigenvalue weighted by atomic mass is 16.6. The lowest BCUT2D eigenvalue weighted by Gasteiger charge is -2.18. The molecule has 0 aromatic carbocycles. The summed E-state index contributed by atoms with van der Waals surface area (Å²) in [7, 11) is 0. The van der Waals surface area contributed by atoms with E-state index in [1.165, 1.54) is 128 Å². The van der Waals surface area contributed by atoms with Crippen molar-refractivity contribution in [3.63, 3.8) is 0 Å². The van der Waals surface area contributed by atoms with Gasteiger partial charge in [0.25, 0.3) is 0 Å². The summed E-state index contributed by atoms with van der Waals surface area (Å²) >= 11 is 0. The van der Waals surface area contributed by atoms with E-state index in [2.05, 4.69) is 154 Å². The van der Waals surface area contributed by atoms with E-state index in [-0.39, 0.29) is 31.1 Å². The third-order valence-corrected chi connectivity index (χ3v) is 14.6. The predicted molar refractivity (Wildman–Crippen MR) is 362 cm³/mol. The molecule has 0 aliphatic rings. The van der Waals surface area contributed by atoms with E-state index in [1.807, 2.05) is 0 Å². The van der Waals surface area contributed by atoms with Crippen LogP contribution in [0.25, 0.3) is 0 Å². The molecule has 0 spiro atoms. The van der Waals surface area contributed by atoms with E-state index < -0.39 is 6.10 Å². The number of rotatable bonds is 62. The van der Waals surface area contributed by atoms with Crippen molar-refractivity contribution in [3.8, 4) is 0 Å². The van der Waals surface area contributed by atoms with E-state index >= 15 is 0 Å². The van der Waals surface area contributed by atoms with Crippen LogP contribution in [0.4, 0.5) is 0 Å². The Labute approximate surface area is 513 Å². The maximum Gasteiger partial charge on any atom is 0.306 e. The van der Waals surface area contributed by atoms with Gasteiger partial charge in [-0.25, -0.2) is 0 Å². The summed E-state index contributed by atoms with van der Waals surface area (Å²) in [6.45, 7) is 6.28. The quantitative estimate of drug-likeness (QED) is 0.0261. The lowest BCUT2D eigenvalue weighted by atomic mass is 10.0. The Morgan fingerprint density at radius 1 is 0.241 bits per heavy atom. The van der Waals surface area contributed by atoms with Gasteiger partial charge in [0, 0.05) is 19.3 Å². The second-order valence-corrected chi connectivity index (χ2v) is 22.6. The van der Waals surface area contributed by atoms with Crippen molar-refractivity contribution in [2.45, 2.75) is 322 Å². The fraction of sp³-hybridized carbons (Fsp3) is 0.675. The molecule has 472 valence electrons. The molecule has 0 aromatic rings. The second kappa shape index (κ2) is 70.0. The molecule has 0 radical (unpaired) electrons. The smallest absolute Gasteiger partial charge is 0.306 e. The topological polar surface area (TPSA) is 78.9 Å². The zero-order valence-electron chi connectivity index (χ0n) is 54.2. The number of ether oxygens (including phenoxy) is 3. The highest BCUT2D eigenvalue weighted by molar-refractivity contribution is 5.71. The van der Waals surface area contributed by atoms with Crippen LogP contribution in [0.1, 0.15) is 316 Å². The number of carbonyl (C=O) groups excluding carboxylic acids is 3. The number of carbonyl (C=O) groups is 3. The van der Waals surface area contributed by atoms with Gasteiger partial charge in [-0.1, -0.05) is 302 Å². The van der Waals surface area contributed by atoms with Gasteiger partial charge in [-0.2, -0.15) is 0 Å². The first-order chi connectivity index (χ1) is 41.0. The molecule has 0 heterocycles. The van der Waals surface area contributed by atoms with Crippen molar-refractivity contribution in [1.82, 2.24) is 0 Å². The Kier molecular flexibility index (Phi) is 66.3. The number of esters is 3. The van der Waals surface area contributed by atoms with Gasteiger partial charge in [0.05, 0.1) is 0 Å². The Bertz CT molecular complexity index is 1750. The van der Waals surface area contributed by atoms with Gasteiger partial charge in [-0.05, 0) is 128 Å². The highest BCUT2D eigenvalue weighted by Gasteiger charge is 2.19. The van der Waals surface area contributed by atoms with Crippen molar-refractivity contribution >= 4 is 17.9 Å². The maximum atomic E-state index is 12.9. The van der Waals surface area contributed by atoms with Crippen molar-refractivity contribution in [1.29, 1.82) is 0 Å². The molecule has 0 saturated carbocycles. The van der Waals surface area contributed by atoms with Crippen LogP contribution < -0.4 is 0 Å². The molecule has 0 aliphatic heterocycles. The van der Waals surface area contributed by atoms with Gasteiger partial charge in [-0.3, -0.25) is 14.4 Å². The molecule has 0 saturated heterocycles. The average molecular weight is 1150 g/mol. The molecular weight excluding hydrogens is 1020 g/mol. The van der Waals surface area contributed by atoms with Crippen LogP contribution in [0, 0.1) is 0 Å².